The summed E-state index contributed by atoms with van der Waals surface area (Å²) in [5.74, 6) is -2.97. The number of aliphatic hydroxyl groups excluding tert-OH is 1. The van der Waals surface area contributed by atoms with E-state index in [1.165, 1.54) is 36.1 Å². The Morgan fingerprint density at radius 3 is 2.36 bits per heavy atom. The lowest BCUT2D eigenvalue weighted by Crippen LogP contribution is -2.32. The van der Waals surface area contributed by atoms with Gasteiger partial charge in [0.2, 0.25) is 0 Å². The normalized spacial score (nSPS) is 17.1. The maximum Gasteiger partial charge on any atom is 0.303 e. The Morgan fingerprint density at radius 2 is 1.88 bits per heavy atom. The summed E-state index contributed by atoms with van der Waals surface area (Å²) >= 11 is 0. The molecule has 1 aromatic carbocycles. The number of carboxylic acids is 1. The average Bonchev–Trinajstić information content (AvgIpc) is 2.79. The number of nitro groups is 1. The van der Waals surface area contributed by atoms with Crippen molar-refractivity contribution in [3.8, 4) is 0 Å². The van der Waals surface area contributed by atoms with E-state index >= 15 is 0 Å². The number of nitro benzene ring substituents is 1. The zero-order valence-corrected chi connectivity index (χ0v) is 13.3. The first-order chi connectivity index (χ1) is 11.7. The van der Waals surface area contributed by atoms with Crippen LogP contribution in [-0.2, 0) is 14.4 Å². The van der Waals surface area contributed by atoms with Crippen LogP contribution >= 0.6 is 0 Å². The van der Waals surface area contributed by atoms with Gasteiger partial charge in [0.25, 0.3) is 11.6 Å². The molecule has 2 rings (SSSR count). The molecule has 1 amide bonds. The fraction of sp³-hybridized carbons (Fsp3) is 0.312. The summed E-state index contributed by atoms with van der Waals surface area (Å²) in [6.45, 7) is 1.23. The van der Waals surface area contributed by atoms with Crippen molar-refractivity contribution in [1.82, 2.24) is 4.90 Å². The number of hydrogen-bond donors (Lipinski definition) is 2. The van der Waals surface area contributed by atoms with E-state index in [-0.39, 0.29) is 30.6 Å². The van der Waals surface area contributed by atoms with Crippen molar-refractivity contribution in [2.45, 2.75) is 25.8 Å². The van der Waals surface area contributed by atoms with Gasteiger partial charge in [-0.3, -0.25) is 24.5 Å². The van der Waals surface area contributed by atoms with E-state index in [0.717, 1.165) is 0 Å². The lowest BCUT2D eigenvalue weighted by atomic mass is 9.96. The minimum absolute atomic E-state index is 0.0215. The van der Waals surface area contributed by atoms with E-state index in [0.29, 0.717) is 5.56 Å². The van der Waals surface area contributed by atoms with Crippen LogP contribution in [0.25, 0.3) is 0 Å². The molecule has 1 atom stereocenters. The SMILES string of the molecule is CC(=O)C1=C(O)C(=O)N(CCCC(=O)O)[C@H]1c1ccc([N+](=O)[O-])cc1. The molecular weight excluding hydrogens is 332 g/mol. The Balaban J connectivity index is 2.38. The van der Waals surface area contributed by atoms with Crippen molar-refractivity contribution < 1.29 is 29.5 Å². The molecule has 25 heavy (non-hydrogen) atoms. The van der Waals surface area contributed by atoms with Gasteiger partial charge in [-0.2, -0.15) is 0 Å². The van der Waals surface area contributed by atoms with Gasteiger partial charge in [-0.05, 0) is 31.0 Å². The van der Waals surface area contributed by atoms with Crippen molar-refractivity contribution in [2.24, 2.45) is 0 Å². The van der Waals surface area contributed by atoms with Crippen LogP contribution in [0.1, 0.15) is 31.4 Å². The van der Waals surface area contributed by atoms with E-state index < -0.39 is 34.4 Å². The zero-order chi connectivity index (χ0) is 18.7. The summed E-state index contributed by atoms with van der Waals surface area (Å²) in [4.78, 5) is 46.2. The quantitative estimate of drug-likeness (QED) is 0.565. The van der Waals surface area contributed by atoms with Crippen molar-refractivity contribution in [2.75, 3.05) is 6.54 Å². The van der Waals surface area contributed by atoms with Crippen LogP contribution in [0.4, 0.5) is 5.69 Å². The van der Waals surface area contributed by atoms with Crippen molar-refractivity contribution in [3.05, 3.63) is 51.3 Å². The van der Waals surface area contributed by atoms with Gasteiger partial charge in [-0.25, -0.2) is 0 Å². The number of non-ortho nitro benzene ring substituents is 1. The predicted molar refractivity (Wildman–Crippen MR) is 84.8 cm³/mol. The molecule has 1 aliphatic rings. The standard InChI is InChI=1S/C16H16N2O7/c1-9(19)13-14(10-4-6-11(7-5-10)18(24)25)17(16(23)15(13)22)8-2-3-12(20)21/h4-7,14,22H,2-3,8H2,1H3,(H,20,21)/t14-/m0/s1. The molecule has 132 valence electrons. The summed E-state index contributed by atoms with van der Waals surface area (Å²) in [5, 5.41) is 29.5. The second kappa shape index (κ2) is 7.12. The third-order valence-electron chi connectivity index (χ3n) is 3.89. The molecule has 9 heteroatoms. The zero-order valence-electron chi connectivity index (χ0n) is 13.3. The molecule has 0 unspecified atom stereocenters. The Labute approximate surface area is 142 Å². The van der Waals surface area contributed by atoms with Crippen molar-refractivity contribution >= 4 is 23.3 Å². The van der Waals surface area contributed by atoms with Crippen LogP contribution in [-0.4, -0.2) is 44.2 Å². The van der Waals surface area contributed by atoms with Crippen molar-refractivity contribution in [3.63, 3.8) is 0 Å². The number of nitrogens with zero attached hydrogens (tertiary/aromatic N) is 2. The van der Waals surface area contributed by atoms with E-state index in [1.54, 1.807) is 0 Å². The number of benzene rings is 1. The van der Waals surface area contributed by atoms with E-state index in [1.807, 2.05) is 0 Å². The first-order valence-corrected chi connectivity index (χ1v) is 7.45. The predicted octanol–water partition coefficient (Wildman–Crippen LogP) is 1.74. The smallest absolute Gasteiger partial charge is 0.303 e. The number of carboxylic acid groups (broad SMARTS) is 1. The topological polar surface area (TPSA) is 138 Å². The third kappa shape index (κ3) is 3.65. The molecule has 0 aliphatic carbocycles. The first-order valence-electron chi connectivity index (χ1n) is 7.45. The number of carbonyl (C=O) groups excluding carboxylic acids is 2. The second-order valence-corrected chi connectivity index (χ2v) is 5.57. The summed E-state index contributed by atoms with van der Waals surface area (Å²) < 4.78 is 0. The van der Waals surface area contributed by atoms with Gasteiger partial charge in [-0.1, -0.05) is 0 Å². The molecule has 1 aliphatic heterocycles. The van der Waals surface area contributed by atoms with Gasteiger partial charge >= 0.3 is 5.97 Å². The summed E-state index contributed by atoms with van der Waals surface area (Å²) in [6.07, 6.45) is -0.0318. The summed E-state index contributed by atoms with van der Waals surface area (Å²) in [6, 6.07) is 4.38. The maximum absolute atomic E-state index is 12.3. The van der Waals surface area contributed by atoms with Crippen molar-refractivity contribution in [1.29, 1.82) is 0 Å². The van der Waals surface area contributed by atoms with E-state index in [2.05, 4.69) is 0 Å². The fourth-order valence-corrected chi connectivity index (χ4v) is 2.77. The average molecular weight is 348 g/mol. The Hall–Kier alpha value is -3.23. The minimum atomic E-state index is -1.03. The van der Waals surface area contributed by atoms with Gasteiger partial charge < -0.3 is 15.1 Å². The molecule has 2 N–H and O–H groups in total. The highest BCUT2D eigenvalue weighted by molar-refractivity contribution is 6.08. The Kier molecular flexibility index (Phi) is 5.16. The summed E-state index contributed by atoms with van der Waals surface area (Å²) in [5.41, 5.74) is 0.167. The van der Waals surface area contributed by atoms with Gasteiger partial charge in [0.1, 0.15) is 0 Å². The minimum Gasteiger partial charge on any atom is -0.503 e. The number of rotatable bonds is 7. The molecule has 1 aromatic rings. The molecular formula is C16H16N2O7. The Bertz CT molecular complexity index is 767. The number of ketones is 1. The molecule has 0 saturated carbocycles. The maximum atomic E-state index is 12.3. The van der Waals surface area contributed by atoms with Crippen LogP contribution in [0.5, 0.6) is 0 Å². The molecule has 0 fully saturated rings. The molecule has 9 nitrogen and oxygen atoms in total. The molecule has 1 heterocycles. The summed E-state index contributed by atoms with van der Waals surface area (Å²) in [7, 11) is 0. The van der Waals surface area contributed by atoms with Crippen LogP contribution in [0, 0.1) is 10.1 Å². The number of Topliss-reactive ketones (excluding diaryl/α,β-unsaturated/α-hetero) is 1. The number of carbonyl (C=O) groups is 3. The number of aliphatic hydroxyl groups is 1. The van der Waals surface area contributed by atoms with Crippen LogP contribution in [0.2, 0.25) is 0 Å². The molecule has 0 bridgehead atoms. The largest absolute Gasteiger partial charge is 0.503 e. The van der Waals surface area contributed by atoms with Gasteiger partial charge in [0.15, 0.2) is 11.5 Å². The van der Waals surface area contributed by atoms with Crippen LogP contribution in [0.15, 0.2) is 35.6 Å². The second-order valence-electron chi connectivity index (χ2n) is 5.57. The fourth-order valence-electron chi connectivity index (χ4n) is 2.77. The van der Waals surface area contributed by atoms with Crippen LogP contribution < -0.4 is 0 Å². The molecule has 0 saturated heterocycles. The molecule has 0 aromatic heterocycles. The lowest BCUT2D eigenvalue weighted by Gasteiger charge is -2.26. The van der Waals surface area contributed by atoms with E-state index in [9.17, 15) is 29.6 Å². The van der Waals surface area contributed by atoms with Gasteiger partial charge in [-0.15, -0.1) is 0 Å². The van der Waals surface area contributed by atoms with Crippen LogP contribution in [0.3, 0.4) is 0 Å². The first kappa shape index (κ1) is 18.1. The molecule has 0 spiro atoms. The van der Waals surface area contributed by atoms with E-state index in [4.69, 9.17) is 5.11 Å². The highest BCUT2D eigenvalue weighted by atomic mass is 16.6. The lowest BCUT2D eigenvalue weighted by molar-refractivity contribution is -0.384. The third-order valence-corrected chi connectivity index (χ3v) is 3.89. The number of amides is 1. The monoisotopic (exact) mass is 348 g/mol. The number of aliphatic carboxylic acids is 1. The van der Waals surface area contributed by atoms with Gasteiger partial charge in [0.05, 0.1) is 16.5 Å². The molecule has 0 radical (unpaired) electrons. The number of hydrogen-bond acceptors (Lipinski definition) is 6. The highest BCUT2D eigenvalue weighted by Gasteiger charge is 2.42. The highest BCUT2D eigenvalue weighted by Crippen LogP contribution is 2.38. The van der Waals surface area contributed by atoms with Gasteiger partial charge in [0, 0.05) is 25.1 Å². The Morgan fingerprint density at radius 1 is 1.28 bits per heavy atom.